The van der Waals surface area contributed by atoms with E-state index < -0.39 is 23.6 Å². The van der Waals surface area contributed by atoms with Crippen molar-refractivity contribution >= 4 is 6.29 Å². The molecule has 2 rings (SSSR count). The van der Waals surface area contributed by atoms with Crippen LogP contribution in [0.15, 0.2) is 24.3 Å². The fraction of sp³-hybridized carbons (Fsp3) is 0.0345. The maximum atomic E-state index is 13.4. The first-order chi connectivity index (χ1) is 17.9. The summed E-state index contributed by atoms with van der Waals surface area (Å²) in [5, 5.41) is 10.1. The first kappa shape index (κ1) is 26.8. The number of hydrogen-bond acceptors (Lipinski definition) is 4. The molecule has 2 aromatic rings. The topological polar surface area (TPSA) is 64.4 Å². The number of ether oxygens (including phenoxy) is 1. The molecule has 0 bridgehead atoms. The number of alkyl halides is 3. The number of hydrogen-bond donors (Lipinski definition) is 1. The van der Waals surface area contributed by atoms with E-state index in [2.05, 4.69) is 106 Å². The highest BCUT2D eigenvalue weighted by Gasteiger charge is 2.40. The molecule has 37 heavy (non-hydrogen) atoms. The number of nitrogens with zero attached hydrogens (tertiary/aromatic N) is 2. The van der Waals surface area contributed by atoms with Gasteiger partial charge in [-0.3, -0.25) is 9.36 Å². The standard InChI is InChI=1S/C29H7F3N2O3/c1-2-3-4-5-6-7-8-9-10-11-12-13-14-15-16-19-22-37-26-21-18-17-20-25(26)34-27(36)24(23-35)33-28(34)29(30,31)32/h1,17-18,20-21,23,36H. The molecule has 0 saturated carbocycles. The molecule has 0 radical (unpaired) electrons. The molecule has 5 nitrogen and oxygen atoms in total. The Labute approximate surface area is 210 Å². The molecule has 0 saturated heterocycles. The van der Waals surface area contributed by atoms with E-state index in [1.54, 1.807) is 0 Å². The average molecular weight is 488 g/mol. The first-order valence-corrected chi connectivity index (χ1v) is 9.46. The second-order valence-electron chi connectivity index (χ2n) is 5.79. The van der Waals surface area contributed by atoms with E-state index >= 15 is 0 Å². The van der Waals surface area contributed by atoms with Gasteiger partial charge in [-0.25, -0.2) is 4.98 Å². The molecule has 1 N–H and O–H groups in total. The molecule has 0 amide bonds. The third-order valence-electron chi connectivity index (χ3n) is 3.51. The van der Waals surface area contributed by atoms with Gasteiger partial charge in [0.1, 0.15) is 6.11 Å². The number of carbonyl (C=O) groups excluding carboxylic acids is 1. The fourth-order valence-electron chi connectivity index (χ4n) is 2.20. The molecule has 0 aliphatic heterocycles. The van der Waals surface area contributed by atoms with Crippen molar-refractivity contribution in [3.8, 4) is 125 Å². The van der Waals surface area contributed by atoms with Crippen LogP contribution in [0.5, 0.6) is 11.6 Å². The van der Waals surface area contributed by atoms with Crippen LogP contribution in [0.1, 0.15) is 16.3 Å². The largest absolute Gasteiger partial charge is 0.493 e. The van der Waals surface area contributed by atoms with Gasteiger partial charge in [0, 0.05) is 47.4 Å². The second-order valence-corrected chi connectivity index (χ2v) is 5.79. The lowest BCUT2D eigenvalue weighted by Crippen LogP contribution is -2.14. The van der Waals surface area contributed by atoms with Crippen molar-refractivity contribution in [3.63, 3.8) is 0 Å². The maximum Gasteiger partial charge on any atom is 0.450 e. The Balaban J connectivity index is 2.10. The molecule has 8 heteroatoms. The van der Waals surface area contributed by atoms with Crippen LogP contribution in [0, 0.1) is 107 Å². The van der Waals surface area contributed by atoms with Crippen LogP contribution in [-0.2, 0) is 6.18 Å². The number of rotatable bonds is 3. The summed E-state index contributed by atoms with van der Waals surface area (Å²) in [6.07, 6.45) is 2.15. The van der Waals surface area contributed by atoms with E-state index in [9.17, 15) is 23.1 Å². The summed E-state index contributed by atoms with van der Waals surface area (Å²) >= 11 is 0. The summed E-state index contributed by atoms with van der Waals surface area (Å²) in [6, 6.07) is 5.39. The molecule has 0 aliphatic carbocycles. The minimum absolute atomic E-state index is 0.00271. The van der Waals surface area contributed by atoms with Crippen molar-refractivity contribution in [1.82, 2.24) is 9.55 Å². The highest BCUT2D eigenvalue weighted by Crippen LogP contribution is 2.37. The zero-order valence-electron chi connectivity index (χ0n) is 18.3. The zero-order valence-corrected chi connectivity index (χ0v) is 18.3. The molecule has 172 valence electrons. The predicted molar refractivity (Wildman–Crippen MR) is 127 cm³/mol. The van der Waals surface area contributed by atoms with Crippen molar-refractivity contribution < 1.29 is 27.8 Å². The Morgan fingerprint density at radius 2 is 1.32 bits per heavy atom. The SMILES string of the molecule is C#CC#CC#CC#CC#CC#CC#CC#CC#COc1ccccc1-n1c(C(F)(F)F)nc(C=O)c1O. The minimum Gasteiger partial charge on any atom is -0.493 e. The summed E-state index contributed by atoms with van der Waals surface area (Å²) < 4.78 is 45.6. The van der Waals surface area contributed by atoms with E-state index in [0.717, 1.165) is 0 Å². The lowest BCUT2D eigenvalue weighted by molar-refractivity contribution is -0.146. The van der Waals surface area contributed by atoms with E-state index in [1.807, 2.05) is 0 Å². The number of aromatic nitrogens is 2. The number of carbonyl (C=O) groups is 1. The van der Waals surface area contributed by atoms with Crippen LogP contribution in [-0.4, -0.2) is 20.9 Å². The Kier molecular flexibility index (Phi) is 10.1. The van der Waals surface area contributed by atoms with Gasteiger partial charge in [-0.2, -0.15) is 13.2 Å². The van der Waals surface area contributed by atoms with E-state index in [1.165, 1.54) is 24.3 Å². The van der Waals surface area contributed by atoms with Crippen LogP contribution in [0.25, 0.3) is 5.69 Å². The van der Waals surface area contributed by atoms with Gasteiger partial charge >= 0.3 is 6.18 Å². The maximum absolute atomic E-state index is 13.4. The van der Waals surface area contributed by atoms with E-state index in [0.29, 0.717) is 4.57 Å². The van der Waals surface area contributed by atoms with Gasteiger partial charge < -0.3 is 9.84 Å². The number of aromatic hydroxyl groups is 1. The molecular formula is C29H7F3N2O3. The van der Waals surface area contributed by atoms with Gasteiger partial charge in [-0.1, -0.05) is 12.1 Å². The molecular weight excluding hydrogens is 481 g/mol. The molecule has 0 aliphatic rings. The van der Waals surface area contributed by atoms with Crippen molar-refractivity contribution in [1.29, 1.82) is 0 Å². The molecule has 1 aromatic carbocycles. The van der Waals surface area contributed by atoms with Gasteiger partial charge in [-0.15, -0.1) is 6.42 Å². The van der Waals surface area contributed by atoms with Crippen LogP contribution < -0.4 is 4.74 Å². The van der Waals surface area contributed by atoms with Gasteiger partial charge in [0.05, 0.1) is 5.69 Å². The van der Waals surface area contributed by atoms with Crippen LogP contribution in [0.3, 0.4) is 0 Å². The second kappa shape index (κ2) is 13.9. The molecule has 0 fully saturated rings. The lowest BCUT2D eigenvalue weighted by Gasteiger charge is -2.13. The third-order valence-corrected chi connectivity index (χ3v) is 3.51. The Bertz CT molecular complexity index is 1780. The summed E-state index contributed by atoms with van der Waals surface area (Å²) in [6.45, 7) is 0. The normalized spacial score (nSPS) is 7.95. The number of benzene rings is 1. The first-order valence-electron chi connectivity index (χ1n) is 9.46. The molecule has 0 atom stereocenters. The third kappa shape index (κ3) is 8.43. The van der Waals surface area contributed by atoms with Crippen LogP contribution in [0.4, 0.5) is 13.2 Å². The number of para-hydroxylation sites is 2. The number of imidazole rings is 1. The van der Waals surface area contributed by atoms with Crippen molar-refractivity contribution in [2.24, 2.45) is 0 Å². The summed E-state index contributed by atoms with van der Waals surface area (Å²) in [5.74, 6) is 35.3. The van der Waals surface area contributed by atoms with Crippen molar-refractivity contribution in [3.05, 3.63) is 35.8 Å². The van der Waals surface area contributed by atoms with Crippen molar-refractivity contribution in [2.75, 3.05) is 0 Å². The highest BCUT2D eigenvalue weighted by atomic mass is 19.4. The Morgan fingerprint density at radius 1 is 0.838 bits per heavy atom. The van der Waals surface area contributed by atoms with Crippen LogP contribution >= 0.6 is 0 Å². The summed E-state index contributed by atoms with van der Waals surface area (Å²) in [5.41, 5.74) is -1.03. The quantitative estimate of drug-likeness (QED) is 0.533. The Hall–Kier alpha value is -6.47. The predicted octanol–water partition coefficient (Wildman–Crippen LogP) is 2.41. The Morgan fingerprint density at radius 3 is 1.81 bits per heavy atom. The smallest absolute Gasteiger partial charge is 0.450 e. The highest BCUT2D eigenvalue weighted by molar-refractivity contribution is 5.76. The monoisotopic (exact) mass is 488 g/mol. The van der Waals surface area contributed by atoms with Gasteiger partial charge in [0.2, 0.25) is 11.7 Å². The van der Waals surface area contributed by atoms with Gasteiger partial charge in [-0.05, 0) is 59.5 Å². The number of aldehydes is 1. The number of halogens is 3. The van der Waals surface area contributed by atoms with Gasteiger partial charge in [0.15, 0.2) is 17.7 Å². The fourth-order valence-corrected chi connectivity index (χ4v) is 2.20. The van der Waals surface area contributed by atoms with E-state index in [-0.39, 0.29) is 17.7 Å². The molecule has 1 aromatic heterocycles. The van der Waals surface area contributed by atoms with Crippen LogP contribution in [0.2, 0.25) is 0 Å². The molecule has 1 heterocycles. The molecule has 0 unspecified atom stereocenters. The number of terminal acetylenes is 1. The minimum atomic E-state index is -4.96. The summed E-state index contributed by atoms with van der Waals surface area (Å²) in [7, 11) is 0. The average Bonchev–Trinajstić information content (AvgIpc) is 3.22. The molecule has 0 spiro atoms. The zero-order chi connectivity index (χ0) is 26.9. The summed E-state index contributed by atoms with van der Waals surface area (Å²) in [4.78, 5) is 14.1. The van der Waals surface area contributed by atoms with E-state index in [4.69, 9.17) is 11.2 Å². The van der Waals surface area contributed by atoms with Crippen molar-refractivity contribution in [2.45, 2.75) is 6.18 Å². The lowest BCUT2D eigenvalue weighted by atomic mass is 10.3. The van der Waals surface area contributed by atoms with Gasteiger partial charge in [0.25, 0.3) is 0 Å².